The maximum absolute atomic E-state index is 13.3. The maximum Gasteiger partial charge on any atom is 0.336 e. The van der Waals surface area contributed by atoms with Crippen LogP contribution in [0.25, 0.3) is 22.3 Å². The Hall–Kier alpha value is -2.95. The lowest BCUT2D eigenvalue weighted by atomic mass is 9.70. The molecule has 0 unspecified atom stereocenters. The van der Waals surface area contributed by atoms with Gasteiger partial charge >= 0.3 is 5.97 Å². The van der Waals surface area contributed by atoms with Crippen LogP contribution in [0, 0.1) is 24.2 Å². The number of para-hydroxylation sites is 1. The molecule has 162 valence electrons. The van der Waals surface area contributed by atoms with E-state index in [-0.39, 0.29) is 22.9 Å². The molecule has 1 heterocycles. The lowest BCUT2D eigenvalue weighted by molar-refractivity contribution is -0.151. The first-order chi connectivity index (χ1) is 14.7. The largest absolute Gasteiger partial charge is 0.336 e. The summed E-state index contributed by atoms with van der Waals surface area (Å²) in [5.74, 6) is 0.413. The first-order valence-corrected chi connectivity index (χ1v) is 11.0. The van der Waals surface area contributed by atoms with E-state index in [1.807, 2.05) is 37.3 Å². The predicted octanol–water partition coefficient (Wildman–Crippen LogP) is 5.18. The molecule has 1 aliphatic rings. The van der Waals surface area contributed by atoms with Gasteiger partial charge in [-0.05, 0) is 62.1 Å². The van der Waals surface area contributed by atoms with E-state index >= 15 is 0 Å². The number of aryl methyl sites for hydroxylation is 1. The number of carbonyl (C=O) groups excluding carboxylic acids is 1. The van der Waals surface area contributed by atoms with E-state index < -0.39 is 0 Å². The zero-order valence-electron chi connectivity index (χ0n) is 18.7. The van der Waals surface area contributed by atoms with E-state index in [4.69, 9.17) is 4.84 Å². The molecule has 0 aliphatic heterocycles. The average molecular weight is 419 g/mol. The van der Waals surface area contributed by atoms with Crippen molar-refractivity contribution in [3.05, 3.63) is 64.4 Å². The quantitative estimate of drug-likeness (QED) is 0.588. The van der Waals surface area contributed by atoms with Crippen LogP contribution in [0.3, 0.4) is 0 Å². The fourth-order valence-corrected chi connectivity index (χ4v) is 4.53. The number of fused-ring (bicyclic) bond motifs is 1. The van der Waals surface area contributed by atoms with Crippen LogP contribution in [-0.4, -0.2) is 15.7 Å². The minimum atomic E-state index is -0.362. The standard InChI is InChI=1S/C26H30N2O3/c1-17-8-7-9-19(16-17)23-27-22-11-6-5-10-21(22)24(29)28(23)31-25(30)18-12-14-20(15-13-18)26(2,3)4/h5-11,16,18,20H,12-15H2,1-4H3. The zero-order valence-corrected chi connectivity index (χ0v) is 18.7. The molecule has 0 radical (unpaired) electrons. The Morgan fingerprint density at radius 3 is 2.42 bits per heavy atom. The number of aromatic nitrogens is 2. The molecule has 0 atom stereocenters. The molecule has 1 saturated carbocycles. The van der Waals surface area contributed by atoms with Gasteiger partial charge in [0.1, 0.15) is 0 Å². The Bertz CT molecular complexity index is 1170. The van der Waals surface area contributed by atoms with Gasteiger partial charge in [-0.25, -0.2) is 9.78 Å². The monoisotopic (exact) mass is 418 g/mol. The van der Waals surface area contributed by atoms with Crippen LogP contribution >= 0.6 is 0 Å². The molecule has 0 bridgehead atoms. The number of hydrogen-bond acceptors (Lipinski definition) is 4. The molecule has 2 aromatic carbocycles. The van der Waals surface area contributed by atoms with E-state index in [1.165, 1.54) is 0 Å². The van der Waals surface area contributed by atoms with E-state index in [0.29, 0.717) is 22.6 Å². The second-order valence-electron chi connectivity index (χ2n) is 9.75. The van der Waals surface area contributed by atoms with Gasteiger partial charge in [0.05, 0.1) is 16.8 Å². The number of nitrogens with zero attached hydrogens (tertiary/aromatic N) is 2. The lowest BCUT2D eigenvalue weighted by Gasteiger charge is -2.36. The third-order valence-electron chi connectivity index (χ3n) is 6.48. The third-order valence-corrected chi connectivity index (χ3v) is 6.48. The molecule has 0 saturated heterocycles. The number of hydrogen-bond donors (Lipinski definition) is 0. The molecular formula is C26H30N2O3. The summed E-state index contributed by atoms with van der Waals surface area (Å²) in [5, 5.41) is 0.433. The SMILES string of the molecule is Cc1cccc(-c2nc3ccccc3c(=O)n2OC(=O)C2CCC(C(C)(C)C)CC2)c1. The smallest absolute Gasteiger partial charge is 0.331 e. The topological polar surface area (TPSA) is 61.2 Å². The van der Waals surface area contributed by atoms with Gasteiger partial charge in [0.15, 0.2) is 5.82 Å². The highest BCUT2D eigenvalue weighted by Crippen LogP contribution is 2.40. The van der Waals surface area contributed by atoms with Gasteiger partial charge in [-0.1, -0.05) is 56.7 Å². The maximum atomic E-state index is 13.3. The van der Waals surface area contributed by atoms with E-state index in [1.54, 1.807) is 18.2 Å². The average Bonchev–Trinajstić information content (AvgIpc) is 2.75. The van der Waals surface area contributed by atoms with E-state index in [0.717, 1.165) is 41.5 Å². The van der Waals surface area contributed by atoms with Gasteiger partial charge in [0.2, 0.25) is 0 Å². The Balaban J connectivity index is 1.68. The summed E-state index contributed by atoms with van der Waals surface area (Å²) in [5.41, 5.74) is 2.25. The van der Waals surface area contributed by atoms with Crippen molar-refractivity contribution < 1.29 is 9.63 Å². The molecule has 31 heavy (non-hydrogen) atoms. The van der Waals surface area contributed by atoms with Crippen molar-refractivity contribution in [1.29, 1.82) is 0 Å². The molecule has 1 aliphatic carbocycles. The fraction of sp³-hybridized carbons (Fsp3) is 0.423. The number of benzene rings is 2. The summed E-state index contributed by atoms with van der Waals surface area (Å²) >= 11 is 0. The van der Waals surface area contributed by atoms with Gasteiger partial charge in [-0.3, -0.25) is 4.79 Å². The van der Waals surface area contributed by atoms with Crippen LogP contribution in [0.5, 0.6) is 0 Å². The second kappa shape index (κ2) is 8.29. The van der Waals surface area contributed by atoms with Crippen molar-refractivity contribution in [2.24, 2.45) is 17.3 Å². The van der Waals surface area contributed by atoms with Crippen molar-refractivity contribution >= 4 is 16.9 Å². The Labute approximate surface area is 183 Å². The summed E-state index contributed by atoms with van der Waals surface area (Å²) in [7, 11) is 0. The van der Waals surface area contributed by atoms with Gasteiger partial charge < -0.3 is 4.84 Å². The minimum absolute atomic E-state index is 0.192. The fourth-order valence-electron chi connectivity index (χ4n) is 4.53. The zero-order chi connectivity index (χ0) is 22.2. The first-order valence-electron chi connectivity index (χ1n) is 11.0. The normalized spacial score (nSPS) is 19.4. The molecule has 1 aromatic heterocycles. The molecule has 1 fully saturated rings. The molecule has 5 heteroatoms. The van der Waals surface area contributed by atoms with Crippen molar-refractivity contribution in [3.8, 4) is 11.4 Å². The van der Waals surface area contributed by atoms with Crippen LogP contribution < -0.4 is 10.4 Å². The van der Waals surface area contributed by atoms with Gasteiger partial charge in [0, 0.05) is 5.56 Å². The van der Waals surface area contributed by atoms with Crippen molar-refractivity contribution in [2.75, 3.05) is 0 Å². The lowest BCUT2D eigenvalue weighted by Crippen LogP contribution is -2.38. The minimum Gasteiger partial charge on any atom is -0.331 e. The van der Waals surface area contributed by atoms with Crippen LogP contribution in [0.4, 0.5) is 0 Å². The molecule has 4 rings (SSSR count). The molecular weight excluding hydrogens is 388 g/mol. The molecule has 3 aromatic rings. The highest BCUT2D eigenvalue weighted by Gasteiger charge is 2.34. The van der Waals surface area contributed by atoms with Crippen molar-refractivity contribution in [3.63, 3.8) is 0 Å². The van der Waals surface area contributed by atoms with Crippen LogP contribution in [0.15, 0.2) is 53.3 Å². The van der Waals surface area contributed by atoms with E-state index in [2.05, 4.69) is 25.8 Å². The van der Waals surface area contributed by atoms with Gasteiger partial charge in [-0.2, -0.15) is 0 Å². The van der Waals surface area contributed by atoms with Gasteiger partial charge in [-0.15, -0.1) is 4.73 Å². The number of rotatable bonds is 3. The summed E-state index contributed by atoms with van der Waals surface area (Å²) in [4.78, 5) is 36.7. The summed E-state index contributed by atoms with van der Waals surface area (Å²) in [6.45, 7) is 8.74. The Kier molecular flexibility index (Phi) is 5.69. The predicted molar refractivity (Wildman–Crippen MR) is 123 cm³/mol. The van der Waals surface area contributed by atoms with Crippen LogP contribution in [0.1, 0.15) is 52.0 Å². The highest BCUT2D eigenvalue weighted by atomic mass is 16.7. The molecule has 0 N–H and O–H groups in total. The number of carbonyl (C=O) groups is 1. The second-order valence-corrected chi connectivity index (χ2v) is 9.75. The third kappa shape index (κ3) is 4.41. The highest BCUT2D eigenvalue weighted by molar-refractivity contribution is 5.80. The molecule has 5 nitrogen and oxygen atoms in total. The Morgan fingerprint density at radius 2 is 1.74 bits per heavy atom. The summed E-state index contributed by atoms with van der Waals surface area (Å²) < 4.78 is 1.09. The van der Waals surface area contributed by atoms with Gasteiger partial charge in [0.25, 0.3) is 5.56 Å². The van der Waals surface area contributed by atoms with E-state index in [9.17, 15) is 9.59 Å². The molecule has 0 spiro atoms. The molecule has 0 amide bonds. The van der Waals surface area contributed by atoms with Crippen molar-refractivity contribution in [1.82, 2.24) is 9.71 Å². The van der Waals surface area contributed by atoms with Crippen molar-refractivity contribution in [2.45, 2.75) is 53.4 Å². The van der Waals surface area contributed by atoms with Crippen LogP contribution in [0.2, 0.25) is 0 Å². The summed E-state index contributed by atoms with van der Waals surface area (Å²) in [6, 6.07) is 14.9. The first kappa shape index (κ1) is 21.3. The van der Waals surface area contributed by atoms with Crippen LogP contribution in [-0.2, 0) is 4.79 Å². The summed E-state index contributed by atoms with van der Waals surface area (Å²) in [6.07, 6.45) is 3.57. The Morgan fingerprint density at radius 1 is 1.03 bits per heavy atom.